The highest BCUT2D eigenvalue weighted by Gasteiger charge is 2.75. The molecule has 0 bridgehead atoms. The molecule has 0 aliphatic heterocycles. The molecule has 16 heteroatoms. The smallest absolute Gasteiger partial charge is 0.337 e. The number of methoxy groups -OCH3 is 2. The highest BCUT2D eigenvalue weighted by molar-refractivity contribution is 5.91. The number of carboxylic acid groups (broad SMARTS) is 2. The number of rotatable bonds is 20. The molecule has 0 saturated heterocycles. The summed E-state index contributed by atoms with van der Waals surface area (Å²) in [5.74, 6) is 7.21. The number of carboxylic acids is 2. The second-order valence-corrected chi connectivity index (χ2v) is 53.9. The third-order valence-electron chi connectivity index (χ3n) is 45.8. The molecule has 27 atom stereocenters. The third-order valence-corrected chi connectivity index (χ3v) is 45.8. The zero-order valence-electron chi connectivity index (χ0n) is 92.4. The van der Waals surface area contributed by atoms with Gasteiger partial charge in [-0.25, -0.2) is 14.4 Å². The van der Waals surface area contributed by atoms with Gasteiger partial charge in [-0.2, -0.15) is 0 Å². The summed E-state index contributed by atoms with van der Waals surface area (Å²) in [5, 5.41) is 25.0. The molecule has 0 radical (unpaired) electrons. The van der Waals surface area contributed by atoms with Gasteiger partial charge in [-0.3, -0.25) is 14.4 Å². The third kappa shape index (κ3) is 18.3. The molecule has 15 aliphatic rings. The van der Waals surface area contributed by atoms with Gasteiger partial charge in [-0.1, -0.05) is 202 Å². The Hall–Kier alpha value is -7.24. The van der Waals surface area contributed by atoms with Crippen LogP contribution in [0, 0.1) is 154 Å². The van der Waals surface area contributed by atoms with Crippen LogP contribution in [0.4, 0.5) is 0 Å². The maximum atomic E-state index is 13.4. The number of esters is 2. The first-order chi connectivity index (χ1) is 65.9. The van der Waals surface area contributed by atoms with Gasteiger partial charge in [0.05, 0.1) is 37.3 Å². The molecule has 0 spiro atoms. The molecule has 18 rings (SSSR count). The zero-order chi connectivity index (χ0) is 103. The minimum absolute atomic E-state index is 0. The van der Waals surface area contributed by atoms with Crippen molar-refractivity contribution in [3.63, 3.8) is 0 Å². The molecule has 2 amide bonds. The summed E-state index contributed by atoms with van der Waals surface area (Å²) in [6, 6.07) is 23.7. The van der Waals surface area contributed by atoms with E-state index in [1.807, 2.05) is 69.5 Å². The van der Waals surface area contributed by atoms with Crippen molar-refractivity contribution < 1.29 is 48.5 Å². The summed E-state index contributed by atoms with van der Waals surface area (Å²) >= 11 is 0. The van der Waals surface area contributed by atoms with Crippen molar-refractivity contribution in [2.75, 3.05) is 76.1 Å². The minimum atomic E-state index is -0.870. The lowest BCUT2D eigenvalue weighted by molar-refractivity contribution is -0.219. The fraction of sp³-hybridized carbons (Fsp3) is 0.714. The van der Waals surface area contributed by atoms with E-state index in [2.05, 4.69) is 221 Å². The van der Waals surface area contributed by atoms with E-state index in [0.29, 0.717) is 135 Å². The average Bonchev–Trinajstić information content (AvgIpc) is 1.08. The van der Waals surface area contributed by atoms with Crippen LogP contribution in [0.3, 0.4) is 0 Å². The molecule has 3 aromatic carbocycles. The van der Waals surface area contributed by atoms with Gasteiger partial charge >= 0.3 is 23.9 Å². The minimum Gasteiger partial charge on any atom is -0.481 e. The molecule has 16 nitrogen and oxygen atoms in total. The first kappa shape index (κ1) is 110. The number of ether oxygens (including phenoxy) is 2. The van der Waals surface area contributed by atoms with E-state index in [1.165, 1.54) is 180 Å². The second kappa shape index (κ2) is 40.0. The molecular weight excluding hydrogens is 1760 g/mol. The molecule has 12 saturated carbocycles. The Morgan fingerprint density at radius 3 is 0.937 bits per heavy atom. The van der Waals surface area contributed by atoms with E-state index in [9.17, 15) is 33.9 Å². The van der Waals surface area contributed by atoms with E-state index < -0.39 is 11.9 Å². The van der Waals surface area contributed by atoms with Gasteiger partial charge in [0, 0.05) is 49.1 Å². The zero-order valence-corrected chi connectivity index (χ0v) is 92.4. The van der Waals surface area contributed by atoms with Gasteiger partial charge in [-0.05, 0) is 460 Å². The number of carbonyl (C=O) groups excluding carboxylic acids is 4. The molecular formula is C126H190N6O10. The van der Waals surface area contributed by atoms with Crippen LogP contribution in [0.2, 0.25) is 0 Å². The molecule has 0 unspecified atom stereocenters. The van der Waals surface area contributed by atoms with E-state index in [0.717, 1.165) is 76.8 Å². The van der Waals surface area contributed by atoms with Gasteiger partial charge in [-0.15, -0.1) is 0 Å². The summed E-state index contributed by atoms with van der Waals surface area (Å²) in [6.07, 6.45) is 41.7. The number of nitrogens with zero attached hydrogens (tertiary/aromatic N) is 3. The number of aliphatic carboxylic acids is 1. The fourth-order valence-electron chi connectivity index (χ4n) is 38.5. The number of hydrogen-bond donors (Lipinski definition) is 5. The van der Waals surface area contributed by atoms with Gasteiger partial charge < -0.3 is 50.8 Å². The monoisotopic (exact) mass is 1950 g/mol. The van der Waals surface area contributed by atoms with Crippen LogP contribution >= 0.6 is 0 Å². The van der Waals surface area contributed by atoms with Crippen LogP contribution in [0.5, 0.6) is 0 Å². The Morgan fingerprint density at radius 2 is 0.648 bits per heavy atom. The first-order valence-electron chi connectivity index (χ1n) is 55.3. The van der Waals surface area contributed by atoms with E-state index in [1.54, 1.807) is 12.1 Å². The lowest BCUT2D eigenvalue weighted by atomic mass is 9.33. The van der Waals surface area contributed by atoms with E-state index in [-0.39, 0.29) is 103 Å². The van der Waals surface area contributed by atoms with E-state index in [4.69, 9.17) is 20.3 Å². The summed E-state index contributed by atoms with van der Waals surface area (Å²) in [7, 11) is 14.8. The molecule has 6 N–H and O–H groups in total. The molecule has 142 heavy (non-hydrogen) atoms. The van der Waals surface area contributed by atoms with Crippen molar-refractivity contribution in [2.24, 2.45) is 159 Å². The van der Waals surface area contributed by atoms with Crippen LogP contribution < -0.4 is 16.4 Å². The van der Waals surface area contributed by atoms with Crippen molar-refractivity contribution in [3.05, 3.63) is 161 Å². The number of hydrogen-bond acceptors (Lipinski definition) is 12. The highest BCUT2D eigenvalue weighted by Crippen LogP contribution is 2.82. The predicted molar refractivity (Wildman–Crippen MR) is 581 cm³/mol. The lowest BCUT2D eigenvalue weighted by Crippen LogP contribution is -2.68. The Kier molecular flexibility index (Phi) is 31.1. The molecule has 12 fully saturated rings. The Balaban J connectivity index is 0.000000162. The normalized spacial score (nSPS) is 39.9. The topological polar surface area (TPSA) is 221 Å². The summed E-state index contributed by atoms with van der Waals surface area (Å²) in [5.41, 5.74) is 23.1. The number of nitrogens with two attached hydrogens (primary N) is 1. The van der Waals surface area contributed by atoms with Gasteiger partial charge in [0.25, 0.3) is 0 Å². The Labute approximate surface area is 858 Å². The van der Waals surface area contributed by atoms with E-state index >= 15 is 0 Å². The number of benzene rings is 3. The SMILES string of the molecule is C.C=C(C)[C@@H]1CC[C@]2(N)CC[C@]3(C)[C@H](CC[C@@H]4[C@@]5(C)CC=C(c6ccc(C(=O)OC)cc6)C(C)(C)[C@@H]5CC[C@]43C)[C@@H]12.C=C(C)[C@@H]1CC[C@]2(NC(=O)CCN(C)C)CC[C@]3(C)[C@H](CC[C@@H]4[C@@]5(C)CC=C(c6ccc(C(=O)O)cc6)C(C)(C)[C@@H]5CC[C@]43C)[C@@H]12.C=C(C)[C@@H]1CC[C@]2(NC(=O)CCN(C)C)CC[C@]3(C)[C@H](CC[C@@H]4[C@@]5(C)CC=C(c6ccc(C(=O)OC)cc6)C(C)(C)[C@@H]5CC[C@]43C)[C@@H]12.CN(C)CCC(=O)O. The van der Waals surface area contributed by atoms with Gasteiger partial charge in [0.2, 0.25) is 11.8 Å². The molecule has 0 heterocycles. The summed E-state index contributed by atoms with van der Waals surface area (Å²) in [6.45, 7) is 61.4. The van der Waals surface area contributed by atoms with Crippen LogP contribution in [-0.2, 0) is 23.9 Å². The van der Waals surface area contributed by atoms with Crippen molar-refractivity contribution in [1.29, 1.82) is 0 Å². The van der Waals surface area contributed by atoms with Gasteiger partial charge in [0.1, 0.15) is 0 Å². The number of allylic oxidation sites excluding steroid dienone is 9. The number of aromatic carboxylic acids is 1. The quantitative estimate of drug-likeness (QED) is 0.0525. The van der Waals surface area contributed by atoms with Crippen molar-refractivity contribution >= 4 is 52.4 Å². The number of nitrogens with one attached hydrogen (secondary N) is 2. The van der Waals surface area contributed by atoms with Crippen LogP contribution in [0.15, 0.2) is 127 Å². The van der Waals surface area contributed by atoms with Crippen LogP contribution in [-0.4, -0.2) is 153 Å². The average molecular weight is 1950 g/mol. The largest absolute Gasteiger partial charge is 0.481 e. The van der Waals surface area contributed by atoms with Crippen molar-refractivity contribution in [2.45, 2.75) is 341 Å². The number of fused-ring (bicyclic) bond motifs is 21. The molecule has 0 aromatic heterocycles. The maximum absolute atomic E-state index is 13.4. The van der Waals surface area contributed by atoms with Crippen molar-refractivity contribution in [3.8, 4) is 0 Å². The fourth-order valence-corrected chi connectivity index (χ4v) is 38.5. The Bertz CT molecular complexity index is 5320. The van der Waals surface area contributed by atoms with Crippen molar-refractivity contribution in [1.82, 2.24) is 25.3 Å². The number of amides is 2. The standard InChI is InChI=1S/C42H62N2O3.C41H60N2O3.C37H53NO2.C5H11NO2.CH4/c1-27(2)30-17-23-42(43-35(45)20-26-44(8)9)25-24-40(6)32(36(30)42)15-16-34-39(5)21-18-31(28-11-13-29(14-12-28)37(46)47-10)38(3,4)33(39)19-22-41(34,40)7;1-26(2)29-16-22-41(42-34(44)19-25-43(8)9)24-23-39(6)31(35(29)41)14-15-33-38(5)20-17-30(27-10-12-28(13-11-27)36(45)46)37(3,4)32(38)18-21-40(33,39)7;1-23(2)26-15-20-37(38)22-21-35(6)28(31(26)37)13-14-30-34(5)18-16-27(24-9-11-25(12-10-24)32(39)40-8)33(3,4)29(34)17-19-36(30,35)7;1-6(2)4-3-5(7)8;/h11-14,18,30,32-34,36H,1,15-17,19-26H2,2-10H3,(H,43,45);10-13,17,29,31-33,35H,1,14-16,18-25H2,2-9H3,(H,42,44)(H,45,46);9-12,16,26,28-31H,1,13-15,17-22,38H2,2-8H3;3-4H2,1-2H3,(H,7,8);1H4/t30-,32+,33-,34+,36+,39-,40+,41+,42-;29-,31+,32-,33+,35+,38-,39+,40+,41-;26-,28+,29-,30+,31+,34-,35+,36+,37-;;/m000../s1. The predicted octanol–water partition coefficient (Wildman–Crippen LogP) is 27.3. The van der Waals surface area contributed by atoms with Crippen LogP contribution in [0.1, 0.15) is 372 Å². The highest BCUT2D eigenvalue weighted by atomic mass is 16.5. The summed E-state index contributed by atoms with van der Waals surface area (Å²) in [4.78, 5) is 78.4. The van der Waals surface area contributed by atoms with Gasteiger partial charge in [0.15, 0.2) is 0 Å². The molecule has 3 aromatic rings. The first-order valence-corrected chi connectivity index (χ1v) is 55.3. The Morgan fingerprint density at radius 1 is 0.359 bits per heavy atom. The second-order valence-electron chi connectivity index (χ2n) is 53.9. The number of carbonyl (C=O) groups is 6. The molecule has 784 valence electrons. The summed E-state index contributed by atoms with van der Waals surface area (Å²) < 4.78 is 9.89. The lowest BCUT2D eigenvalue weighted by Gasteiger charge is -2.72. The molecule has 15 aliphatic carbocycles. The van der Waals surface area contributed by atoms with Crippen LogP contribution in [0.25, 0.3) is 16.7 Å². The maximum Gasteiger partial charge on any atom is 0.337 e.